The van der Waals surface area contributed by atoms with Crippen molar-refractivity contribution in [2.45, 2.75) is 36.5 Å². The number of halogens is 4. The molecule has 35 heavy (non-hydrogen) atoms. The van der Waals surface area contributed by atoms with Crippen molar-refractivity contribution in [3.05, 3.63) is 77.9 Å². The van der Waals surface area contributed by atoms with Crippen molar-refractivity contribution in [1.29, 1.82) is 0 Å². The largest absolute Gasteiger partial charge is 0.416 e. The van der Waals surface area contributed by atoms with Crippen LogP contribution in [0.3, 0.4) is 0 Å². The second-order valence-electron chi connectivity index (χ2n) is 7.89. The molecule has 1 fully saturated rings. The van der Waals surface area contributed by atoms with Crippen LogP contribution in [0.15, 0.2) is 65.7 Å². The van der Waals surface area contributed by atoms with Crippen LogP contribution in [-0.2, 0) is 27.5 Å². The van der Waals surface area contributed by atoms with Crippen molar-refractivity contribution in [3.63, 3.8) is 0 Å². The molecule has 1 saturated heterocycles. The van der Waals surface area contributed by atoms with Crippen LogP contribution in [0.1, 0.15) is 24.1 Å². The van der Waals surface area contributed by atoms with E-state index in [0.29, 0.717) is 24.1 Å². The van der Waals surface area contributed by atoms with Crippen LogP contribution >= 0.6 is 0 Å². The van der Waals surface area contributed by atoms with Gasteiger partial charge in [-0.05, 0) is 55.3 Å². The van der Waals surface area contributed by atoms with E-state index in [1.54, 1.807) is 0 Å². The highest BCUT2D eigenvalue weighted by molar-refractivity contribution is 7.89. The van der Waals surface area contributed by atoms with Crippen molar-refractivity contribution in [1.82, 2.24) is 19.6 Å². The fourth-order valence-electron chi connectivity index (χ4n) is 3.77. The first-order valence-electron chi connectivity index (χ1n) is 10.6. The lowest BCUT2D eigenvalue weighted by Crippen LogP contribution is -2.45. The van der Waals surface area contributed by atoms with Crippen LogP contribution in [0, 0.1) is 5.82 Å². The minimum Gasteiger partial charge on any atom is -0.349 e. The number of hydrogen-bond donors (Lipinski definition) is 1. The minimum absolute atomic E-state index is 0.0318. The van der Waals surface area contributed by atoms with E-state index in [2.05, 4.69) is 15.3 Å². The summed E-state index contributed by atoms with van der Waals surface area (Å²) in [5.74, 6) is -0.894. The normalized spacial score (nSPS) is 16.9. The van der Waals surface area contributed by atoms with Crippen molar-refractivity contribution in [3.8, 4) is 11.4 Å². The van der Waals surface area contributed by atoms with Gasteiger partial charge in [-0.15, -0.1) is 0 Å². The Morgan fingerprint density at radius 3 is 2.40 bits per heavy atom. The highest BCUT2D eigenvalue weighted by Crippen LogP contribution is 2.30. The molecule has 7 nitrogen and oxygen atoms in total. The molecule has 184 valence electrons. The number of carbonyl (C=O) groups excluding carboxylic acids is 1. The van der Waals surface area contributed by atoms with Gasteiger partial charge in [0.2, 0.25) is 15.9 Å². The third kappa shape index (κ3) is 5.49. The van der Waals surface area contributed by atoms with Gasteiger partial charge in [-0.1, -0.05) is 12.1 Å². The average molecular weight is 508 g/mol. The number of nitrogens with one attached hydrogen (secondary N) is 1. The predicted octanol–water partition coefficient (Wildman–Crippen LogP) is 3.77. The summed E-state index contributed by atoms with van der Waals surface area (Å²) >= 11 is 0. The molecule has 1 amide bonds. The maximum atomic E-state index is 13.2. The summed E-state index contributed by atoms with van der Waals surface area (Å²) < 4.78 is 78.5. The average Bonchev–Trinajstić information content (AvgIpc) is 3.34. The Kier molecular flexibility index (Phi) is 6.86. The summed E-state index contributed by atoms with van der Waals surface area (Å²) in [7, 11) is -3.99. The molecule has 0 bridgehead atoms. The van der Waals surface area contributed by atoms with Gasteiger partial charge >= 0.3 is 6.18 Å². The van der Waals surface area contributed by atoms with Gasteiger partial charge in [0.25, 0.3) is 0 Å². The second-order valence-corrected chi connectivity index (χ2v) is 9.78. The first-order chi connectivity index (χ1) is 16.6. The number of alkyl halides is 3. The zero-order chi connectivity index (χ0) is 25.2. The van der Waals surface area contributed by atoms with E-state index >= 15 is 0 Å². The van der Waals surface area contributed by atoms with Gasteiger partial charge in [0.15, 0.2) is 5.82 Å². The van der Waals surface area contributed by atoms with Gasteiger partial charge in [0, 0.05) is 18.3 Å². The third-order valence-corrected chi connectivity index (χ3v) is 7.48. The Balaban J connectivity index is 1.44. The molecule has 0 unspecified atom stereocenters. The monoisotopic (exact) mass is 508 g/mol. The van der Waals surface area contributed by atoms with Crippen molar-refractivity contribution in [2.75, 3.05) is 6.54 Å². The topological polar surface area (TPSA) is 92.3 Å². The van der Waals surface area contributed by atoms with Gasteiger partial charge in [0.05, 0.1) is 22.7 Å². The van der Waals surface area contributed by atoms with Crippen LogP contribution in [0.25, 0.3) is 11.4 Å². The number of benzene rings is 2. The standard InChI is InChI=1S/C23H20F4N4O3S/c24-17-7-9-19(10-8-17)35(33,34)31-13-1-2-20(31)22(32)29-14-18-11-12-28-21(30-18)15-3-5-16(6-4-15)23(25,26)27/h3-12,20H,1-2,13-14H2,(H,29,32)/t20-/m0/s1. The van der Waals surface area contributed by atoms with Gasteiger partial charge in [-0.3, -0.25) is 4.79 Å². The Bertz CT molecular complexity index is 1310. The SMILES string of the molecule is O=C(NCc1ccnc(-c2ccc(C(F)(F)F)cc2)n1)[C@@H]1CCCN1S(=O)(=O)c1ccc(F)cc1. The van der Waals surface area contributed by atoms with Crippen molar-refractivity contribution in [2.24, 2.45) is 0 Å². The van der Waals surface area contributed by atoms with Crippen molar-refractivity contribution >= 4 is 15.9 Å². The lowest BCUT2D eigenvalue weighted by Gasteiger charge is -2.23. The lowest BCUT2D eigenvalue weighted by molar-refractivity contribution is -0.137. The Morgan fingerprint density at radius 1 is 1.06 bits per heavy atom. The number of hydrogen-bond acceptors (Lipinski definition) is 5. The molecular weight excluding hydrogens is 488 g/mol. The molecule has 2 heterocycles. The molecular formula is C23H20F4N4O3S. The van der Waals surface area contributed by atoms with Crippen LogP contribution < -0.4 is 5.32 Å². The Labute approximate surface area is 198 Å². The molecule has 2 aromatic carbocycles. The van der Waals surface area contributed by atoms with E-state index in [1.807, 2.05) is 0 Å². The van der Waals surface area contributed by atoms with E-state index in [1.165, 1.54) is 24.4 Å². The number of aromatic nitrogens is 2. The zero-order valence-corrected chi connectivity index (χ0v) is 19.0. The van der Waals surface area contributed by atoms with Crippen LogP contribution in [0.4, 0.5) is 17.6 Å². The molecule has 1 aromatic heterocycles. The number of nitrogens with zero attached hydrogens (tertiary/aromatic N) is 3. The molecule has 1 aliphatic rings. The molecule has 1 aliphatic heterocycles. The summed E-state index contributed by atoms with van der Waals surface area (Å²) in [4.78, 5) is 21.1. The van der Waals surface area contributed by atoms with Crippen LogP contribution in [-0.4, -0.2) is 41.2 Å². The fraction of sp³-hybridized carbons (Fsp3) is 0.261. The smallest absolute Gasteiger partial charge is 0.349 e. The molecule has 0 aliphatic carbocycles. The minimum atomic E-state index is -4.45. The predicted molar refractivity (Wildman–Crippen MR) is 118 cm³/mol. The van der Waals surface area contributed by atoms with E-state index in [9.17, 15) is 30.8 Å². The highest BCUT2D eigenvalue weighted by Gasteiger charge is 2.39. The van der Waals surface area contributed by atoms with E-state index in [-0.39, 0.29) is 23.8 Å². The first-order valence-corrected chi connectivity index (χ1v) is 12.0. The molecule has 4 rings (SSSR count). The van der Waals surface area contributed by atoms with Gasteiger partial charge in [-0.2, -0.15) is 17.5 Å². The maximum absolute atomic E-state index is 13.2. The third-order valence-electron chi connectivity index (χ3n) is 5.55. The van der Waals surface area contributed by atoms with E-state index < -0.39 is 39.5 Å². The summed E-state index contributed by atoms with van der Waals surface area (Å²) in [6.07, 6.45) is -2.22. The summed E-state index contributed by atoms with van der Waals surface area (Å²) in [5.41, 5.74) is -0.0194. The molecule has 3 aromatic rings. The Morgan fingerprint density at radius 2 is 1.74 bits per heavy atom. The fourth-order valence-corrected chi connectivity index (χ4v) is 5.43. The molecule has 12 heteroatoms. The molecule has 0 spiro atoms. The number of rotatable bonds is 6. The summed E-state index contributed by atoms with van der Waals surface area (Å²) in [6.45, 7) is 0.124. The number of sulfonamides is 1. The number of carbonyl (C=O) groups is 1. The van der Waals surface area contributed by atoms with E-state index in [4.69, 9.17) is 0 Å². The maximum Gasteiger partial charge on any atom is 0.416 e. The van der Waals surface area contributed by atoms with Gasteiger partial charge in [0.1, 0.15) is 11.9 Å². The highest BCUT2D eigenvalue weighted by atomic mass is 32.2. The van der Waals surface area contributed by atoms with Crippen molar-refractivity contribution < 1.29 is 30.8 Å². The summed E-state index contributed by atoms with van der Waals surface area (Å²) in [6, 6.07) is 9.39. The quantitative estimate of drug-likeness (QED) is 0.512. The molecule has 0 radical (unpaired) electrons. The number of amides is 1. The van der Waals surface area contributed by atoms with Crippen LogP contribution in [0.2, 0.25) is 0 Å². The van der Waals surface area contributed by atoms with Crippen LogP contribution in [0.5, 0.6) is 0 Å². The van der Waals surface area contributed by atoms with Gasteiger partial charge in [-0.25, -0.2) is 22.8 Å². The zero-order valence-electron chi connectivity index (χ0n) is 18.2. The second kappa shape index (κ2) is 9.70. The first kappa shape index (κ1) is 24.7. The Hall–Kier alpha value is -3.38. The van der Waals surface area contributed by atoms with Gasteiger partial charge < -0.3 is 5.32 Å². The molecule has 0 saturated carbocycles. The summed E-state index contributed by atoms with van der Waals surface area (Å²) in [5, 5.41) is 2.67. The van der Waals surface area contributed by atoms with E-state index in [0.717, 1.165) is 40.7 Å². The molecule has 1 N–H and O–H groups in total. The molecule has 1 atom stereocenters. The lowest BCUT2D eigenvalue weighted by atomic mass is 10.1.